The summed E-state index contributed by atoms with van der Waals surface area (Å²) >= 11 is 2.11. The summed E-state index contributed by atoms with van der Waals surface area (Å²) in [6, 6.07) is 12.0. The summed E-state index contributed by atoms with van der Waals surface area (Å²) in [6.07, 6.45) is 0. The van der Waals surface area contributed by atoms with Gasteiger partial charge in [0.25, 0.3) is 0 Å². The van der Waals surface area contributed by atoms with Gasteiger partial charge in [0.15, 0.2) is 5.75 Å². The van der Waals surface area contributed by atoms with Crippen molar-refractivity contribution < 1.29 is 14.6 Å². The molecule has 0 unspecified atom stereocenters. The van der Waals surface area contributed by atoms with E-state index in [0.29, 0.717) is 11.4 Å². The van der Waals surface area contributed by atoms with E-state index in [4.69, 9.17) is 15.6 Å². The van der Waals surface area contributed by atoms with Gasteiger partial charge in [0.05, 0.1) is 9.26 Å². The van der Waals surface area contributed by atoms with Gasteiger partial charge in [0, 0.05) is 0 Å². The van der Waals surface area contributed by atoms with Gasteiger partial charge >= 0.3 is 5.97 Å². The van der Waals surface area contributed by atoms with Crippen LogP contribution in [0.3, 0.4) is 0 Å². The third-order valence-corrected chi connectivity index (χ3v) is 3.22. The first-order valence-electron chi connectivity index (χ1n) is 5.14. The zero-order valence-electron chi connectivity index (χ0n) is 9.26. The maximum Gasteiger partial charge on any atom is 0.339 e. The number of hydrogen-bond acceptors (Lipinski definition) is 3. The van der Waals surface area contributed by atoms with Crippen LogP contribution in [-0.2, 0) is 0 Å². The molecule has 0 aromatic heterocycles. The number of benzene rings is 2. The lowest BCUT2D eigenvalue weighted by molar-refractivity contribution is 0.0694. The van der Waals surface area contributed by atoms with E-state index >= 15 is 0 Å². The summed E-state index contributed by atoms with van der Waals surface area (Å²) in [4.78, 5) is 11.1. The third kappa shape index (κ3) is 2.56. The van der Waals surface area contributed by atoms with E-state index in [1.807, 2.05) is 18.2 Å². The molecule has 18 heavy (non-hydrogen) atoms. The first-order valence-corrected chi connectivity index (χ1v) is 6.21. The lowest BCUT2D eigenvalue weighted by Crippen LogP contribution is -2.03. The smallest absolute Gasteiger partial charge is 0.339 e. The second kappa shape index (κ2) is 5.26. The fraction of sp³-hybridized carbons (Fsp3) is 0. The normalized spacial score (nSPS) is 10.1. The number of rotatable bonds is 3. The van der Waals surface area contributed by atoms with Crippen molar-refractivity contribution in [3.05, 3.63) is 51.6 Å². The fourth-order valence-electron chi connectivity index (χ4n) is 1.47. The molecule has 0 fully saturated rings. The Hall–Kier alpha value is -1.76. The predicted octanol–water partition coefficient (Wildman–Crippen LogP) is 3.36. The van der Waals surface area contributed by atoms with Crippen molar-refractivity contribution in [3.8, 4) is 11.5 Å². The SMILES string of the molecule is Nc1cccc(C(=O)O)c1Oc1ccccc1I. The van der Waals surface area contributed by atoms with Crippen LogP contribution in [0, 0.1) is 3.57 Å². The Morgan fingerprint density at radius 3 is 2.56 bits per heavy atom. The molecule has 5 heteroatoms. The quantitative estimate of drug-likeness (QED) is 0.654. The molecule has 0 spiro atoms. The summed E-state index contributed by atoms with van der Waals surface area (Å²) in [7, 11) is 0. The Labute approximate surface area is 118 Å². The van der Waals surface area contributed by atoms with Crippen LogP contribution in [-0.4, -0.2) is 11.1 Å². The predicted molar refractivity (Wildman–Crippen MR) is 77.0 cm³/mol. The van der Waals surface area contributed by atoms with Crippen LogP contribution in [0.4, 0.5) is 5.69 Å². The van der Waals surface area contributed by atoms with Gasteiger partial charge in [-0.2, -0.15) is 0 Å². The van der Waals surface area contributed by atoms with E-state index in [9.17, 15) is 4.79 Å². The highest BCUT2D eigenvalue weighted by molar-refractivity contribution is 14.1. The van der Waals surface area contributed by atoms with E-state index in [1.165, 1.54) is 6.07 Å². The molecule has 0 aliphatic rings. The number of nitrogen functional groups attached to an aromatic ring is 1. The minimum Gasteiger partial charge on any atom is -0.478 e. The highest BCUT2D eigenvalue weighted by Crippen LogP contribution is 2.33. The highest BCUT2D eigenvalue weighted by atomic mass is 127. The Bertz CT molecular complexity index is 599. The molecule has 2 rings (SSSR count). The second-order valence-electron chi connectivity index (χ2n) is 3.56. The molecule has 2 aromatic rings. The number of carbonyl (C=O) groups is 1. The van der Waals surface area contributed by atoms with Gasteiger partial charge in [-0.1, -0.05) is 18.2 Å². The molecule has 3 N–H and O–H groups in total. The summed E-state index contributed by atoms with van der Waals surface area (Å²) in [5.41, 5.74) is 6.12. The molecule has 0 bridgehead atoms. The van der Waals surface area contributed by atoms with Crippen molar-refractivity contribution in [2.75, 3.05) is 5.73 Å². The maximum absolute atomic E-state index is 11.1. The second-order valence-corrected chi connectivity index (χ2v) is 4.72. The van der Waals surface area contributed by atoms with Crippen molar-refractivity contribution in [1.82, 2.24) is 0 Å². The number of nitrogens with two attached hydrogens (primary N) is 1. The molecular weight excluding hydrogens is 345 g/mol. The molecule has 0 saturated heterocycles. The van der Waals surface area contributed by atoms with Crippen LogP contribution in [0.1, 0.15) is 10.4 Å². The van der Waals surface area contributed by atoms with Gasteiger partial charge in [-0.15, -0.1) is 0 Å². The minimum atomic E-state index is -1.07. The summed E-state index contributed by atoms with van der Waals surface area (Å²) in [5.74, 6) is -0.309. The van der Waals surface area contributed by atoms with E-state index < -0.39 is 5.97 Å². The van der Waals surface area contributed by atoms with Gasteiger partial charge in [-0.25, -0.2) is 4.79 Å². The van der Waals surface area contributed by atoms with Gasteiger partial charge in [0.1, 0.15) is 11.3 Å². The number of hydrogen-bond donors (Lipinski definition) is 2. The van der Waals surface area contributed by atoms with Gasteiger partial charge in [-0.3, -0.25) is 0 Å². The molecule has 0 aliphatic carbocycles. The number of aromatic carboxylic acids is 1. The Morgan fingerprint density at radius 1 is 1.17 bits per heavy atom. The van der Waals surface area contributed by atoms with Crippen molar-refractivity contribution in [2.45, 2.75) is 0 Å². The first-order chi connectivity index (χ1) is 8.59. The average molecular weight is 355 g/mol. The molecule has 92 valence electrons. The zero-order valence-corrected chi connectivity index (χ0v) is 11.4. The van der Waals surface area contributed by atoms with Crippen LogP contribution in [0.15, 0.2) is 42.5 Å². The van der Waals surface area contributed by atoms with Gasteiger partial charge in [-0.05, 0) is 46.9 Å². The number of anilines is 1. The molecule has 0 atom stereocenters. The van der Waals surface area contributed by atoms with Crippen LogP contribution >= 0.6 is 22.6 Å². The van der Waals surface area contributed by atoms with E-state index in [0.717, 1.165) is 3.57 Å². The average Bonchev–Trinajstić information content (AvgIpc) is 2.34. The zero-order chi connectivity index (χ0) is 13.1. The lowest BCUT2D eigenvalue weighted by atomic mass is 10.1. The number of ether oxygens (including phenoxy) is 1. The summed E-state index contributed by atoms with van der Waals surface area (Å²) in [6.45, 7) is 0. The molecule has 0 aliphatic heterocycles. The summed E-state index contributed by atoms with van der Waals surface area (Å²) in [5, 5.41) is 9.10. The molecule has 0 heterocycles. The number of carboxylic acid groups (broad SMARTS) is 1. The lowest BCUT2D eigenvalue weighted by Gasteiger charge is -2.12. The number of para-hydroxylation sites is 2. The highest BCUT2D eigenvalue weighted by Gasteiger charge is 2.15. The van der Waals surface area contributed by atoms with E-state index in [2.05, 4.69) is 22.6 Å². The molecule has 2 aromatic carbocycles. The molecular formula is C13H10INO3. The van der Waals surface area contributed by atoms with Crippen LogP contribution in [0.25, 0.3) is 0 Å². The molecule has 0 amide bonds. The van der Waals surface area contributed by atoms with E-state index in [-0.39, 0.29) is 11.3 Å². The summed E-state index contributed by atoms with van der Waals surface area (Å²) < 4.78 is 6.50. The van der Waals surface area contributed by atoms with Crippen LogP contribution in [0.5, 0.6) is 11.5 Å². The number of halogens is 1. The fourth-order valence-corrected chi connectivity index (χ4v) is 1.97. The van der Waals surface area contributed by atoms with Crippen molar-refractivity contribution in [3.63, 3.8) is 0 Å². The van der Waals surface area contributed by atoms with Crippen LogP contribution in [0.2, 0.25) is 0 Å². The van der Waals surface area contributed by atoms with Gasteiger partial charge in [0.2, 0.25) is 0 Å². The van der Waals surface area contributed by atoms with Crippen molar-refractivity contribution in [1.29, 1.82) is 0 Å². The largest absolute Gasteiger partial charge is 0.478 e. The molecule has 0 saturated carbocycles. The number of carboxylic acids is 1. The third-order valence-electron chi connectivity index (χ3n) is 2.32. The molecule has 0 radical (unpaired) electrons. The topological polar surface area (TPSA) is 72.6 Å². The first kappa shape index (κ1) is 12.7. The van der Waals surface area contributed by atoms with Crippen LogP contribution < -0.4 is 10.5 Å². The van der Waals surface area contributed by atoms with Crippen molar-refractivity contribution >= 4 is 34.2 Å². The van der Waals surface area contributed by atoms with Crippen molar-refractivity contribution in [2.24, 2.45) is 0 Å². The minimum absolute atomic E-state index is 0.0506. The van der Waals surface area contributed by atoms with Gasteiger partial charge < -0.3 is 15.6 Å². The Morgan fingerprint density at radius 2 is 1.89 bits per heavy atom. The molecule has 4 nitrogen and oxygen atoms in total. The monoisotopic (exact) mass is 355 g/mol. The maximum atomic E-state index is 11.1. The Kier molecular flexibility index (Phi) is 3.71. The standard InChI is InChI=1S/C13H10INO3/c14-9-5-1-2-7-11(9)18-12-8(13(16)17)4-3-6-10(12)15/h1-7H,15H2,(H,16,17). The Balaban J connectivity index is 2.46. The van der Waals surface area contributed by atoms with E-state index in [1.54, 1.807) is 18.2 Å².